The molecule has 6 nitrogen and oxygen atoms in total. The van der Waals surface area contributed by atoms with Gasteiger partial charge in [0.15, 0.2) is 15.7 Å². The van der Waals surface area contributed by atoms with Crippen LogP contribution < -0.4 is 10.6 Å². The lowest BCUT2D eigenvalue weighted by molar-refractivity contribution is -0.123. The van der Waals surface area contributed by atoms with Crippen molar-refractivity contribution in [1.29, 1.82) is 0 Å². The number of hydrogen-bond acceptors (Lipinski definition) is 5. The highest BCUT2D eigenvalue weighted by atomic mass is 32.2. The molecule has 0 bridgehead atoms. The van der Waals surface area contributed by atoms with E-state index in [0.717, 1.165) is 28.7 Å². The number of terminal acetylenes is 1. The molecule has 1 saturated carbocycles. The Labute approximate surface area is 214 Å². The molecule has 188 valence electrons. The van der Waals surface area contributed by atoms with Gasteiger partial charge < -0.3 is 10.6 Å². The minimum atomic E-state index is -3.31. The first-order valence-corrected chi connectivity index (χ1v) is 14.3. The number of sulfone groups is 1. The number of hydrogen-bond donors (Lipinski definition) is 2. The molecule has 1 fully saturated rings. The fourth-order valence-corrected chi connectivity index (χ4v) is 5.62. The molecular formula is C27H27FN2O4S2. The summed E-state index contributed by atoms with van der Waals surface area (Å²) < 4.78 is 39.2. The van der Waals surface area contributed by atoms with Gasteiger partial charge in [-0.2, -0.15) is 0 Å². The molecule has 2 aromatic carbocycles. The third-order valence-electron chi connectivity index (χ3n) is 6.17. The number of nitrogens with one attached hydrogen (secondary N) is 2. The van der Waals surface area contributed by atoms with Gasteiger partial charge in [-0.1, -0.05) is 38.0 Å². The summed E-state index contributed by atoms with van der Waals surface area (Å²) >= 11 is 1.00. The molecule has 0 saturated heterocycles. The molecule has 1 heterocycles. The van der Waals surface area contributed by atoms with Gasteiger partial charge in [-0.05, 0) is 60.6 Å². The minimum absolute atomic E-state index is 0.103. The fraction of sp³-hybridized carbons (Fsp3) is 0.333. The van der Waals surface area contributed by atoms with E-state index in [1.54, 1.807) is 30.3 Å². The van der Waals surface area contributed by atoms with Crippen molar-refractivity contribution < 1.29 is 22.4 Å². The average Bonchev–Trinajstić information content (AvgIpc) is 3.52. The highest BCUT2D eigenvalue weighted by Crippen LogP contribution is 2.35. The maximum Gasteiger partial charge on any atom is 0.265 e. The summed E-state index contributed by atoms with van der Waals surface area (Å²) in [7, 11) is -3.31. The smallest absolute Gasteiger partial charge is 0.265 e. The average molecular weight is 527 g/mol. The Hall–Kier alpha value is -3.22. The number of carbonyl (C=O) groups is 2. The quantitative estimate of drug-likeness (QED) is 0.422. The molecule has 1 aromatic heterocycles. The van der Waals surface area contributed by atoms with E-state index < -0.39 is 33.1 Å². The number of fused-ring (bicyclic) bond motifs is 1. The first-order valence-electron chi connectivity index (χ1n) is 11.6. The molecule has 1 atom stereocenters. The zero-order valence-electron chi connectivity index (χ0n) is 20.2. The van der Waals surface area contributed by atoms with E-state index >= 15 is 4.39 Å². The van der Waals surface area contributed by atoms with Gasteiger partial charge in [0.25, 0.3) is 5.91 Å². The van der Waals surface area contributed by atoms with Crippen molar-refractivity contribution in [3.8, 4) is 23.5 Å². The molecule has 2 N–H and O–H groups in total. The van der Waals surface area contributed by atoms with Crippen molar-refractivity contribution >= 4 is 43.1 Å². The summed E-state index contributed by atoms with van der Waals surface area (Å²) in [5, 5.41) is 5.84. The summed E-state index contributed by atoms with van der Waals surface area (Å²) in [5.74, 6) is 1.06. The van der Waals surface area contributed by atoms with Gasteiger partial charge in [0, 0.05) is 16.3 Å². The first-order chi connectivity index (χ1) is 16.9. The Morgan fingerprint density at radius 1 is 1.14 bits per heavy atom. The second-order valence-electron chi connectivity index (χ2n) is 9.62. The van der Waals surface area contributed by atoms with E-state index in [1.807, 2.05) is 13.8 Å². The largest absolute Gasteiger partial charge is 0.339 e. The van der Waals surface area contributed by atoms with Gasteiger partial charge in [-0.3, -0.25) is 9.59 Å². The van der Waals surface area contributed by atoms with E-state index in [9.17, 15) is 18.0 Å². The van der Waals surface area contributed by atoms with Crippen molar-refractivity contribution in [2.24, 2.45) is 5.92 Å². The van der Waals surface area contributed by atoms with E-state index in [2.05, 4.69) is 16.6 Å². The summed E-state index contributed by atoms with van der Waals surface area (Å²) in [6, 6.07) is 10.7. The first kappa shape index (κ1) is 25.9. The summed E-state index contributed by atoms with van der Waals surface area (Å²) in [4.78, 5) is 26.0. The van der Waals surface area contributed by atoms with E-state index in [1.165, 1.54) is 12.1 Å². The molecule has 3 aromatic rings. The molecule has 1 aliphatic rings. The Balaban J connectivity index is 1.58. The van der Waals surface area contributed by atoms with Gasteiger partial charge in [0.1, 0.15) is 16.5 Å². The predicted molar refractivity (Wildman–Crippen MR) is 140 cm³/mol. The number of rotatable bonds is 8. The highest BCUT2D eigenvalue weighted by Gasteiger charge is 2.43. The molecule has 0 aliphatic heterocycles. The van der Waals surface area contributed by atoms with Gasteiger partial charge in [-0.25, -0.2) is 12.8 Å². The van der Waals surface area contributed by atoms with Crippen LogP contribution in [-0.2, 0) is 14.6 Å². The van der Waals surface area contributed by atoms with Crippen LogP contribution in [0.1, 0.15) is 42.8 Å². The molecule has 0 unspecified atom stereocenters. The number of amides is 2. The van der Waals surface area contributed by atoms with Crippen LogP contribution in [0.3, 0.4) is 0 Å². The second-order valence-corrected chi connectivity index (χ2v) is 12.7. The van der Waals surface area contributed by atoms with Crippen molar-refractivity contribution in [3.63, 3.8) is 0 Å². The lowest BCUT2D eigenvalue weighted by atomic mass is 10.0. The maximum absolute atomic E-state index is 15.2. The summed E-state index contributed by atoms with van der Waals surface area (Å²) in [5.41, 5.74) is 0.882. The number of carbonyl (C=O) groups excluding carboxylic acids is 2. The molecule has 0 spiro atoms. The predicted octanol–water partition coefficient (Wildman–Crippen LogP) is 4.54. The van der Waals surface area contributed by atoms with Gasteiger partial charge in [0.05, 0.1) is 4.90 Å². The van der Waals surface area contributed by atoms with Crippen LogP contribution in [0.2, 0.25) is 0 Å². The lowest BCUT2D eigenvalue weighted by Crippen LogP contribution is -2.50. The maximum atomic E-state index is 15.2. The van der Waals surface area contributed by atoms with Crippen molar-refractivity contribution in [2.45, 2.75) is 49.6 Å². The monoisotopic (exact) mass is 526 g/mol. The third-order valence-corrected chi connectivity index (χ3v) is 8.42. The summed E-state index contributed by atoms with van der Waals surface area (Å²) in [6.45, 7) is 3.87. The van der Waals surface area contributed by atoms with Crippen LogP contribution in [0.5, 0.6) is 0 Å². The van der Waals surface area contributed by atoms with Crippen LogP contribution in [0.25, 0.3) is 21.2 Å². The van der Waals surface area contributed by atoms with Crippen molar-refractivity contribution in [3.05, 3.63) is 53.2 Å². The zero-order chi connectivity index (χ0) is 26.3. The Bertz CT molecular complexity index is 1480. The van der Waals surface area contributed by atoms with Crippen LogP contribution in [-0.4, -0.2) is 38.1 Å². The highest BCUT2D eigenvalue weighted by molar-refractivity contribution is 7.90. The second kappa shape index (κ2) is 9.68. The molecule has 4 rings (SSSR count). The number of thiophene rings is 1. The molecule has 0 radical (unpaired) electrons. The van der Waals surface area contributed by atoms with Gasteiger partial charge in [0.2, 0.25) is 5.91 Å². The van der Waals surface area contributed by atoms with Crippen LogP contribution in [0.4, 0.5) is 4.39 Å². The zero-order valence-corrected chi connectivity index (χ0v) is 21.9. The number of benzene rings is 2. The van der Waals surface area contributed by atoms with Gasteiger partial charge in [-0.15, -0.1) is 17.8 Å². The Morgan fingerprint density at radius 3 is 2.33 bits per heavy atom. The number of halogens is 1. The van der Waals surface area contributed by atoms with Crippen LogP contribution in [0, 0.1) is 24.1 Å². The summed E-state index contributed by atoms with van der Waals surface area (Å²) in [6.07, 6.45) is 8.45. The molecule has 9 heteroatoms. The van der Waals surface area contributed by atoms with Crippen molar-refractivity contribution in [2.75, 3.05) is 6.26 Å². The molecule has 36 heavy (non-hydrogen) atoms. The van der Waals surface area contributed by atoms with Gasteiger partial charge >= 0.3 is 0 Å². The third kappa shape index (κ3) is 5.45. The van der Waals surface area contributed by atoms with E-state index in [0.29, 0.717) is 29.3 Å². The molecule has 1 aliphatic carbocycles. The lowest BCUT2D eigenvalue weighted by Gasteiger charge is -2.22. The van der Waals surface area contributed by atoms with Crippen LogP contribution >= 0.6 is 11.3 Å². The normalized spacial score (nSPS) is 15.3. The SMILES string of the molecule is C#CC1(NC(=O)[C@H](CC(C)C)NC(=O)c2sc3cc(-c4ccc(S(C)(=O)=O)cc4)ccc3c2F)CC1. The minimum Gasteiger partial charge on any atom is -0.339 e. The van der Waals surface area contributed by atoms with E-state index in [4.69, 9.17) is 6.42 Å². The Kier molecular flexibility index (Phi) is 6.95. The molecular weight excluding hydrogens is 499 g/mol. The standard InChI is InChI=1S/C27H27FN2O4S2/c1-5-27(12-13-27)30-25(31)21(14-16(2)3)29-26(32)24-23(28)20-11-8-18(15-22(20)35-24)17-6-9-19(10-7-17)36(4,33)34/h1,6-11,15-16,21H,12-14H2,2-4H3,(H,29,32)(H,30,31)/t21-/m0/s1. The van der Waals surface area contributed by atoms with E-state index in [-0.39, 0.29) is 21.6 Å². The Morgan fingerprint density at radius 2 is 1.78 bits per heavy atom. The topological polar surface area (TPSA) is 92.3 Å². The van der Waals surface area contributed by atoms with Crippen LogP contribution in [0.15, 0.2) is 47.4 Å². The fourth-order valence-electron chi connectivity index (χ4n) is 3.97. The van der Waals surface area contributed by atoms with Crippen molar-refractivity contribution in [1.82, 2.24) is 10.6 Å². The molecule has 2 amide bonds.